The lowest BCUT2D eigenvalue weighted by molar-refractivity contribution is -0.120. The molecule has 0 spiro atoms. The minimum absolute atomic E-state index is 0.0142. The molecule has 220 valence electrons. The second kappa shape index (κ2) is 11.6. The number of carbonyl (C=O) groups excluding carboxylic acids is 1. The zero-order valence-corrected chi connectivity index (χ0v) is 25.3. The number of thiocarbonyl (C=S) groups is 1. The van der Waals surface area contributed by atoms with Gasteiger partial charge in [-0.2, -0.15) is 4.31 Å². The normalized spacial score (nSPS) is 20.6. The molecule has 2 aromatic carbocycles. The first-order valence-electron chi connectivity index (χ1n) is 14.5. The van der Waals surface area contributed by atoms with Crippen LogP contribution in [0, 0.1) is 5.92 Å². The van der Waals surface area contributed by atoms with Crippen LogP contribution in [0.3, 0.4) is 0 Å². The van der Waals surface area contributed by atoms with Crippen LogP contribution < -0.4 is 11.1 Å². The van der Waals surface area contributed by atoms with Crippen molar-refractivity contribution < 1.29 is 13.2 Å². The molecule has 3 fully saturated rings. The second-order valence-electron chi connectivity index (χ2n) is 11.5. The molecule has 2 aliphatic heterocycles. The molecule has 11 heteroatoms. The van der Waals surface area contributed by atoms with E-state index in [9.17, 15) is 13.2 Å². The van der Waals surface area contributed by atoms with E-state index in [0.717, 1.165) is 58.1 Å². The molecule has 2 bridgehead atoms. The number of nitrogens with two attached hydrogens (primary N) is 1. The smallest absolute Gasteiger partial charge is 0.226 e. The lowest BCUT2D eigenvalue weighted by Crippen LogP contribution is -2.54. The second-order valence-corrected chi connectivity index (χ2v) is 13.9. The van der Waals surface area contributed by atoms with Gasteiger partial charge in [0.1, 0.15) is 4.99 Å². The predicted molar refractivity (Wildman–Crippen MR) is 168 cm³/mol. The van der Waals surface area contributed by atoms with E-state index in [1.807, 2.05) is 25.1 Å². The first kappa shape index (κ1) is 28.6. The van der Waals surface area contributed by atoms with Crippen LogP contribution in [0.25, 0.3) is 22.0 Å². The van der Waals surface area contributed by atoms with Crippen LogP contribution in [0.2, 0.25) is 0 Å². The third kappa shape index (κ3) is 5.60. The van der Waals surface area contributed by atoms with Crippen molar-refractivity contribution in [2.24, 2.45) is 11.7 Å². The van der Waals surface area contributed by atoms with Crippen LogP contribution in [-0.2, 0) is 27.8 Å². The van der Waals surface area contributed by atoms with Crippen molar-refractivity contribution in [3.8, 4) is 11.1 Å². The molecule has 9 nitrogen and oxygen atoms in total. The molecule has 7 rings (SSSR count). The number of fused-ring (bicyclic) bond motifs is 4. The third-order valence-corrected chi connectivity index (χ3v) is 11.0. The minimum Gasteiger partial charge on any atom is -0.389 e. The van der Waals surface area contributed by atoms with Crippen molar-refractivity contribution in [2.45, 2.75) is 57.7 Å². The van der Waals surface area contributed by atoms with Gasteiger partial charge in [0, 0.05) is 65.3 Å². The van der Waals surface area contributed by atoms with E-state index < -0.39 is 10.0 Å². The van der Waals surface area contributed by atoms with Gasteiger partial charge in [-0.1, -0.05) is 49.5 Å². The van der Waals surface area contributed by atoms with Gasteiger partial charge in [-0.3, -0.25) is 4.79 Å². The molecule has 1 amide bonds. The standard InChI is InChI=1S/C31H36N6O3S2/c1-2-10-42(39,40)37-17-23-7-8-25(37)14-28(23)36-18-27(21-4-3-5-22(12-21)31(32)41)26-9-6-20(11-29(26)36)15-34-30(38)13-24-16-33-19-35-24/h3-6,9,11-12,16,18-19,23,25,28H,2,7-8,10,13-15,17H2,1H3,(H2,32,41)(H,33,35)(H,34,38). The van der Waals surface area contributed by atoms with E-state index in [4.69, 9.17) is 18.0 Å². The number of rotatable bonds is 10. The summed E-state index contributed by atoms with van der Waals surface area (Å²) in [7, 11) is -3.25. The zero-order chi connectivity index (χ0) is 29.4. The number of nitrogens with one attached hydrogen (secondary N) is 2. The van der Waals surface area contributed by atoms with E-state index in [-0.39, 0.29) is 36.1 Å². The number of nitrogens with zero attached hydrogens (tertiary/aromatic N) is 3. The Bertz CT molecular complexity index is 1730. The fraction of sp³-hybridized carbons (Fsp3) is 0.387. The molecule has 3 atom stereocenters. The van der Waals surface area contributed by atoms with Crippen LogP contribution in [-0.4, -0.2) is 56.5 Å². The highest BCUT2D eigenvalue weighted by Crippen LogP contribution is 2.46. The predicted octanol–water partition coefficient (Wildman–Crippen LogP) is 4.29. The average Bonchev–Trinajstić information content (AvgIpc) is 3.64. The number of benzene rings is 2. The Morgan fingerprint density at radius 1 is 1.21 bits per heavy atom. The molecular weight excluding hydrogens is 569 g/mol. The van der Waals surface area contributed by atoms with Crippen molar-refractivity contribution in [1.82, 2.24) is 24.2 Å². The molecule has 1 aliphatic carbocycles. The molecular formula is C31H36N6O3S2. The average molecular weight is 605 g/mol. The molecule has 2 saturated heterocycles. The Hall–Kier alpha value is -3.54. The van der Waals surface area contributed by atoms with E-state index in [1.165, 1.54) is 0 Å². The topological polar surface area (TPSA) is 126 Å². The Kier molecular flexibility index (Phi) is 7.91. The molecule has 4 aromatic rings. The summed E-state index contributed by atoms with van der Waals surface area (Å²) in [4.78, 5) is 19.8. The number of imidazole rings is 1. The number of hydrogen-bond donors (Lipinski definition) is 3. The maximum Gasteiger partial charge on any atom is 0.226 e. The molecule has 4 N–H and O–H groups in total. The van der Waals surface area contributed by atoms with Gasteiger partial charge < -0.3 is 20.6 Å². The summed E-state index contributed by atoms with van der Waals surface area (Å²) in [5.41, 5.74) is 11.7. The van der Waals surface area contributed by atoms with Crippen LogP contribution in [0.4, 0.5) is 0 Å². The van der Waals surface area contributed by atoms with Crippen molar-refractivity contribution in [3.05, 3.63) is 78.0 Å². The minimum atomic E-state index is -3.25. The molecule has 0 radical (unpaired) electrons. The number of aromatic nitrogens is 3. The van der Waals surface area contributed by atoms with Crippen molar-refractivity contribution >= 4 is 44.0 Å². The lowest BCUT2D eigenvalue weighted by atomic mass is 9.77. The number of carbonyl (C=O) groups is 1. The van der Waals surface area contributed by atoms with Crippen molar-refractivity contribution in [2.75, 3.05) is 12.3 Å². The van der Waals surface area contributed by atoms with Crippen LogP contribution >= 0.6 is 12.2 Å². The SMILES string of the molecule is CCCS(=O)(=O)N1CC2CCC1CC2n1cc(-c2cccc(C(N)=S)c2)c2ccc(CNC(=O)Cc3cnc[nH]3)cc21. The van der Waals surface area contributed by atoms with Gasteiger partial charge in [-0.25, -0.2) is 13.4 Å². The summed E-state index contributed by atoms with van der Waals surface area (Å²) in [5, 5.41) is 4.12. The maximum atomic E-state index is 13.0. The van der Waals surface area contributed by atoms with Gasteiger partial charge in [0.15, 0.2) is 0 Å². The monoisotopic (exact) mass is 604 g/mol. The molecule has 3 aliphatic rings. The molecule has 3 unspecified atom stereocenters. The first-order chi connectivity index (χ1) is 20.2. The Balaban J connectivity index is 1.35. The first-order valence-corrected chi connectivity index (χ1v) is 16.5. The van der Waals surface area contributed by atoms with E-state index in [1.54, 1.807) is 16.8 Å². The summed E-state index contributed by atoms with van der Waals surface area (Å²) in [5.74, 6) is 0.348. The highest BCUT2D eigenvalue weighted by molar-refractivity contribution is 7.89. The van der Waals surface area contributed by atoms with Gasteiger partial charge in [0.05, 0.1) is 18.5 Å². The van der Waals surface area contributed by atoms with Gasteiger partial charge in [-0.15, -0.1) is 0 Å². The number of sulfonamides is 1. The lowest BCUT2D eigenvalue weighted by Gasteiger charge is -2.49. The van der Waals surface area contributed by atoms with Gasteiger partial charge in [0.25, 0.3) is 0 Å². The van der Waals surface area contributed by atoms with Crippen LogP contribution in [0.1, 0.15) is 55.5 Å². The molecule has 4 heterocycles. The summed E-state index contributed by atoms with van der Waals surface area (Å²) in [6.07, 6.45) is 8.98. The highest BCUT2D eigenvalue weighted by Gasteiger charge is 2.45. The third-order valence-electron chi connectivity index (χ3n) is 8.68. The Morgan fingerprint density at radius 2 is 2.07 bits per heavy atom. The largest absolute Gasteiger partial charge is 0.389 e. The highest BCUT2D eigenvalue weighted by atomic mass is 32.2. The zero-order valence-electron chi connectivity index (χ0n) is 23.6. The van der Waals surface area contributed by atoms with Crippen LogP contribution in [0.15, 0.2) is 61.2 Å². The van der Waals surface area contributed by atoms with Gasteiger partial charge in [-0.05, 0) is 54.9 Å². The summed E-state index contributed by atoms with van der Waals surface area (Å²) in [6.45, 7) is 2.88. The summed E-state index contributed by atoms with van der Waals surface area (Å²) >= 11 is 5.25. The van der Waals surface area contributed by atoms with E-state index >= 15 is 0 Å². The maximum absolute atomic E-state index is 13.0. The number of piperidine rings is 2. The Morgan fingerprint density at radius 3 is 2.79 bits per heavy atom. The number of amides is 1. The van der Waals surface area contributed by atoms with Gasteiger partial charge in [0.2, 0.25) is 15.9 Å². The van der Waals surface area contributed by atoms with E-state index in [2.05, 4.69) is 50.3 Å². The fourth-order valence-corrected chi connectivity index (χ4v) is 8.61. The molecule has 2 aromatic heterocycles. The number of aromatic amines is 1. The van der Waals surface area contributed by atoms with Crippen LogP contribution in [0.5, 0.6) is 0 Å². The van der Waals surface area contributed by atoms with E-state index in [0.29, 0.717) is 24.5 Å². The van der Waals surface area contributed by atoms with Gasteiger partial charge >= 0.3 is 0 Å². The number of hydrogen-bond acceptors (Lipinski definition) is 5. The fourth-order valence-electron chi connectivity index (χ4n) is 6.67. The Labute approximate surface area is 251 Å². The molecule has 1 saturated carbocycles. The molecule has 42 heavy (non-hydrogen) atoms. The van der Waals surface area contributed by atoms with Crippen molar-refractivity contribution in [1.29, 1.82) is 0 Å². The summed E-state index contributed by atoms with van der Waals surface area (Å²) in [6, 6.07) is 14.5. The summed E-state index contributed by atoms with van der Waals surface area (Å²) < 4.78 is 30.2. The number of H-pyrrole nitrogens is 1. The quantitative estimate of drug-likeness (QED) is 0.232. The van der Waals surface area contributed by atoms with Crippen molar-refractivity contribution in [3.63, 3.8) is 0 Å².